The summed E-state index contributed by atoms with van der Waals surface area (Å²) in [6, 6.07) is 11.9. The van der Waals surface area contributed by atoms with Crippen molar-refractivity contribution >= 4 is 5.91 Å². The van der Waals surface area contributed by atoms with Crippen molar-refractivity contribution in [2.45, 2.75) is 45.4 Å². The fraction of sp³-hybridized carbons (Fsp3) is 0.455. The molecule has 27 heavy (non-hydrogen) atoms. The Balaban J connectivity index is 1.50. The highest BCUT2D eigenvalue weighted by atomic mass is 16.3. The molecule has 1 aliphatic heterocycles. The van der Waals surface area contributed by atoms with Gasteiger partial charge in [-0.2, -0.15) is 0 Å². The number of rotatable bonds is 6. The van der Waals surface area contributed by atoms with Crippen molar-refractivity contribution in [3.05, 3.63) is 65.5 Å². The predicted octanol–water partition coefficient (Wildman–Crippen LogP) is 2.65. The Labute approximate surface area is 161 Å². The second-order valence-electron chi connectivity index (χ2n) is 7.82. The van der Waals surface area contributed by atoms with Gasteiger partial charge in [0.2, 0.25) is 0 Å². The fourth-order valence-corrected chi connectivity index (χ4v) is 3.57. The molecule has 2 heterocycles. The second kappa shape index (κ2) is 9.11. The summed E-state index contributed by atoms with van der Waals surface area (Å²) in [5.41, 5.74) is 3.20. The van der Waals surface area contributed by atoms with E-state index >= 15 is 0 Å². The van der Waals surface area contributed by atoms with Gasteiger partial charge >= 0.3 is 0 Å². The van der Waals surface area contributed by atoms with Gasteiger partial charge in [-0.3, -0.25) is 14.7 Å². The third-order valence-electron chi connectivity index (χ3n) is 5.00. The number of carbonyl (C=O) groups is 1. The molecule has 0 saturated carbocycles. The number of likely N-dealkylation sites (tertiary alicyclic amines) is 1. The first kappa shape index (κ1) is 19.5. The van der Waals surface area contributed by atoms with Crippen molar-refractivity contribution in [3.8, 4) is 0 Å². The van der Waals surface area contributed by atoms with Gasteiger partial charge in [0.15, 0.2) is 0 Å². The summed E-state index contributed by atoms with van der Waals surface area (Å²) in [6.45, 7) is 6.70. The van der Waals surface area contributed by atoms with Crippen LogP contribution < -0.4 is 5.32 Å². The molecule has 0 bridgehead atoms. The zero-order valence-corrected chi connectivity index (χ0v) is 16.1. The molecule has 5 heteroatoms. The third kappa shape index (κ3) is 5.62. The minimum atomic E-state index is -0.565. The summed E-state index contributed by atoms with van der Waals surface area (Å²) in [5, 5.41) is 13.4. The molecule has 144 valence electrons. The molecule has 1 fully saturated rings. The number of pyridine rings is 1. The molecule has 3 rings (SSSR count). The van der Waals surface area contributed by atoms with Gasteiger partial charge in [-0.05, 0) is 42.0 Å². The van der Waals surface area contributed by atoms with Crippen LogP contribution in [-0.2, 0) is 13.0 Å². The predicted molar refractivity (Wildman–Crippen MR) is 106 cm³/mol. The van der Waals surface area contributed by atoms with Crippen molar-refractivity contribution in [3.63, 3.8) is 0 Å². The van der Waals surface area contributed by atoms with E-state index < -0.39 is 6.10 Å². The van der Waals surface area contributed by atoms with E-state index in [-0.39, 0.29) is 11.9 Å². The largest absolute Gasteiger partial charge is 0.390 e. The zero-order chi connectivity index (χ0) is 19.2. The maximum atomic E-state index is 12.3. The number of piperidine rings is 1. The van der Waals surface area contributed by atoms with Gasteiger partial charge in [-0.25, -0.2) is 0 Å². The van der Waals surface area contributed by atoms with Crippen molar-refractivity contribution < 1.29 is 9.90 Å². The lowest BCUT2D eigenvalue weighted by Crippen LogP contribution is -2.53. The molecule has 0 aliphatic carbocycles. The van der Waals surface area contributed by atoms with Crippen molar-refractivity contribution in [2.24, 2.45) is 5.92 Å². The first-order chi connectivity index (χ1) is 13.0. The van der Waals surface area contributed by atoms with Crippen LogP contribution in [0.1, 0.15) is 41.8 Å². The Morgan fingerprint density at radius 2 is 1.85 bits per heavy atom. The lowest BCUT2D eigenvalue weighted by Gasteiger charge is -2.36. The van der Waals surface area contributed by atoms with Crippen LogP contribution in [0, 0.1) is 5.92 Å². The number of nitrogens with zero attached hydrogens (tertiary/aromatic N) is 2. The van der Waals surface area contributed by atoms with Gasteiger partial charge in [-0.1, -0.05) is 38.1 Å². The van der Waals surface area contributed by atoms with E-state index in [1.54, 1.807) is 24.5 Å². The van der Waals surface area contributed by atoms with E-state index in [4.69, 9.17) is 0 Å². The van der Waals surface area contributed by atoms with E-state index in [0.717, 1.165) is 25.9 Å². The van der Waals surface area contributed by atoms with Crippen LogP contribution in [0.15, 0.2) is 48.8 Å². The van der Waals surface area contributed by atoms with Crippen molar-refractivity contribution in [1.29, 1.82) is 0 Å². The molecular weight excluding hydrogens is 338 g/mol. The molecule has 2 aromatic rings. The molecule has 0 radical (unpaired) electrons. The highest BCUT2D eigenvalue weighted by molar-refractivity contribution is 5.94. The number of nitrogens with one attached hydrogen (secondary N) is 1. The smallest absolute Gasteiger partial charge is 0.251 e. The monoisotopic (exact) mass is 367 g/mol. The number of carbonyl (C=O) groups excluding carboxylic acids is 1. The van der Waals surface area contributed by atoms with Crippen LogP contribution in [0.2, 0.25) is 0 Å². The van der Waals surface area contributed by atoms with Crippen LogP contribution in [0.25, 0.3) is 0 Å². The van der Waals surface area contributed by atoms with Crippen molar-refractivity contribution in [1.82, 2.24) is 15.2 Å². The summed E-state index contributed by atoms with van der Waals surface area (Å²) in [6.07, 6.45) is 4.47. The maximum Gasteiger partial charge on any atom is 0.251 e. The van der Waals surface area contributed by atoms with E-state index in [2.05, 4.69) is 53.3 Å². The Morgan fingerprint density at radius 1 is 1.19 bits per heavy atom. The van der Waals surface area contributed by atoms with Crippen LogP contribution in [-0.4, -0.2) is 46.1 Å². The van der Waals surface area contributed by atoms with Crippen LogP contribution in [0.4, 0.5) is 0 Å². The van der Waals surface area contributed by atoms with Crippen LogP contribution >= 0.6 is 0 Å². The zero-order valence-electron chi connectivity index (χ0n) is 16.1. The molecule has 1 saturated heterocycles. The lowest BCUT2D eigenvalue weighted by atomic mass is 9.99. The van der Waals surface area contributed by atoms with E-state index in [9.17, 15) is 9.90 Å². The standard InChI is InChI=1S/C22H29N3O2/c1-16(2)13-17-3-5-18(6-4-17)14-25-12-9-20(21(26)15-25)24-22(27)19-7-10-23-11-8-19/h3-8,10-11,16,20-21,26H,9,12-15H2,1-2H3,(H,24,27). The molecule has 1 aliphatic rings. The summed E-state index contributed by atoms with van der Waals surface area (Å²) >= 11 is 0. The molecule has 1 aromatic heterocycles. The number of β-amino-alcohol motifs (C(OH)–C–C–N with tert-alkyl or cyclic N) is 1. The van der Waals surface area contributed by atoms with E-state index in [0.29, 0.717) is 18.0 Å². The van der Waals surface area contributed by atoms with Gasteiger partial charge in [-0.15, -0.1) is 0 Å². The molecule has 5 nitrogen and oxygen atoms in total. The van der Waals surface area contributed by atoms with Gasteiger partial charge in [0.05, 0.1) is 12.1 Å². The van der Waals surface area contributed by atoms with E-state index in [1.165, 1.54) is 11.1 Å². The normalized spacial score (nSPS) is 20.6. The summed E-state index contributed by atoms with van der Waals surface area (Å²) in [5.74, 6) is 0.503. The molecular formula is C22H29N3O2. The molecule has 2 N–H and O–H groups in total. The van der Waals surface area contributed by atoms with Gasteiger partial charge in [0.25, 0.3) is 5.91 Å². The molecule has 0 spiro atoms. The number of amides is 1. The molecule has 2 atom stereocenters. The molecule has 2 unspecified atom stereocenters. The first-order valence-electron chi connectivity index (χ1n) is 9.70. The maximum absolute atomic E-state index is 12.3. The first-order valence-corrected chi connectivity index (χ1v) is 9.70. The summed E-state index contributed by atoms with van der Waals surface area (Å²) in [7, 11) is 0. The number of aliphatic hydroxyl groups excluding tert-OH is 1. The van der Waals surface area contributed by atoms with Gasteiger partial charge in [0.1, 0.15) is 0 Å². The summed E-state index contributed by atoms with van der Waals surface area (Å²) < 4.78 is 0. The average molecular weight is 367 g/mol. The van der Waals surface area contributed by atoms with Crippen LogP contribution in [0.5, 0.6) is 0 Å². The Kier molecular flexibility index (Phi) is 6.58. The molecule has 1 amide bonds. The molecule has 1 aromatic carbocycles. The minimum Gasteiger partial charge on any atom is -0.390 e. The number of hydrogen-bond donors (Lipinski definition) is 2. The summed E-state index contributed by atoms with van der Waals surface area (Å²) in [4.78, 5) is 18.4. The highest BCUT2D eigenvalue weighted by Crippen LogP contribution is 2.16. The lowest BCUT2D eigenvalue weighted by molar-refractivity contribution is 0.0349. The van der Waals surface area contributed by atoms with E-state index in [1.807, 2.05) is 0 Å². The van der Waals surface area contributed by atoms with Gasteiger partial charge < -0.3 is 10.4 Å². The number of aliphatic hydroxyl groups is 1. The van der Waals surface area contributed by atoms with Crippen LogP contribution in [0.3, 0.4) is 0 Å². The quantitative estimate of drug-likeness (QED) is 0.824. The van der Waals surface area contributed by atoms with Crippen molar-refractivity contribution in [2.75, 3.05) is 13.1 Å². The average Bonchev–Trinajstić information content (AvgIpc) is 2.66. The number of aromatic nitrogens is 1. The third-order valence-corrected chi connectivity index (χ3v) is 5.00. The van der Waals surface area contributed by atoms with Gasteiger partial charge in [0, 0.05) is 37.6 Å². The Morgan fingerprint density at radius 3 is 2.48 bits per heavy atom. The highest BCUT2D eigenvalue weighted by Gasteiger charge is 2.29. The Hall–Kier alpha value is -2.24. The Bertz CT molecular complexity index is 731. The second-order valence-corrected chi connectivity index (χ2v) is 7.82. The number of benzene rings is 1. The topological polar surface area (TPSA) is 65.5 Å². The number of hydrogen-bond acceptors (Lipinski definition) is 4. The SMILES string of the molecule is CC(C)Cc1ccc(CN2CCC(NC(=O)c3ccncc3)C(O)C2)cc1. The minimum absolute atomic E-state index is 0.157. The fourth-order valence-electron chi connectivity index (χ4n) is 3.57.